The Kier molecular flexibility index (Phi) is 3.19. The summed E-state index contributed by atoms with van der Waals surface area (Å²) in [5, 5.41) is 2.03. The molecule has 0 saturated heterocycles. The van der Waals surface area contributed by atoms with Gasteiger partial charge in [0.25, 0.3) is 5.56 Å². The van der Waals surface area contributed by atoms with Gasteiger partial charge in [0.05, 0.1) is 5.69 Å². The van der Waals surface area contributed by atoms with Gasteiger partial charge in [0, 0.05) is 16.9 Å². The summed E-state index contributed by atoms with van der Waals surface area (Å²) >= 11 is 1.68. The number of H-pyrrole nitrogens is 1. The molecule has 2 rings (SSSR count). The minimum atomic E-state index is -0.0154. The smallest absolute Gasteiger partial charge is 0.254 e. The SMILES string of the molecule is CCc1nc(Cc2cccs2)[nH]c(=O)c1C. The number of aryl methyl sites for hydroxylation is 1. The van der Waals surface area contributed by atoms with E-state index in [-0.39, 0.29) is 5.56 Å². The minimum absolute atomic E-state index is 0.0154. The molecule has 0 atom stereocenters. The van der Waals surface area contributed by atoms with Crippen LogP contribution in [-0.2, 0) is 12.8 Å². The summed E-state index contributed by atoms with van der Waals surface area (Å²) < 4.78 is 0. The lowest BCUT2D eigenvalue weighted by atomic mass is 10.2. The fourth-order valence-corrected chi connectivity index (χ4v) is 2.35. The first-order chi connectivity index (χ1) is 7.70. The van der Waals surface area contributed by atoms with Crippen molar-refractivity contribution in [2.75, 3.05) is 0 Å². The number of nitrogens with zero attached hydrogens (tertiary/aromatic N) is 1. The van der Waals surface area contributed by atoms with E-state index in [1.165, 1.54) is 4.88 Å². The average molecular weight is 234 g/mol. The van der Waals surface area contributed by atoms with Crippen LogP contribution in [0.25, 0.3) is 0 Å². The molecule has 2 heterocycles. The number of nitrogens with one attached hydrogen (secondary N) is 1. The van der Waals surface area contributed by atoms with Crippen LogP contribution in [0, 0.1) is 6.92 Å². The lowest BCUT2D eigenvalue weighted by molar-refractivity contribution is 0.873. The molecule has 0 aromatic carbocycles. The Morgan fingerprint density at radius 1 is 1.50 bits per heavy atom. The number of thiophene rings is 1. The maximum Gasteiger partial charge on any atom is 0.254 e. The summed E-state index contributed by atoms with van der Waals surface area (Å²) in [6.45, 7) is 3.84. The number of hydrogen-bond donors (Lipinski definition) is 1. The van der Waals surface area contributed by atoms with Gasteiger partial charge in [0.2, 0.25) is 0 Å². The van der Waals surface area contributed by atoms with Crippen molar-refractivity contribution in [1.82, 2.24) is 9.97 Å². The summed E-state index contributed by atoms with van der Waals surface area (Å²) in [4.78, 5) is 20.2. The van der Waals surface area contributed by atoms with E-state index in [9.17, 15) is 4.79 Å². The quantitative estimate of drug-likeness (QED) is 0.885. The third-order valence-corrected chi connectivity index (χ3v) is 3.43. The number of rotatable bonds is 3. The monoisotopic (exact) mass is 234 g/mol. The Balaban J connectivity index is 2.35. The van der Waals surface area contributed by atoms with Crippen molar-refractivity contribution in [1.29, 1.82) is 0 Å². The topological polar surface area (TPSA) is 45.8 Å². The van der Waals surface area contributed by atoms with E-state index in [1.807, 2.05) is 25.3 Å². The summed E-state index contributed by atoms with van der Waals surface area (Å²) in [6.07, 6.45) is 1.51. The van der Waals surface area contributed by atoms with Crippen molar-refractivity contribution in [2.24, 2.45) is 0 Å². The lowest BCUT2D eigenvalue weighted by Crippen LogP contribution is -2.17. The highest BCUT2D eigenvalue weighted by molar-refractivity contribution is 7.09. The Labute approximate surface area is 98.2 Å². The first-order valence-electron chi connectivity index (χ1n) is 5.31. The highest BCUT2D eigenvalue weighted by atomic mass is 32.1. The van der Waals surface area contributed by atoms with Crippen LogP contribution in [0.4, 0.5) is 0 Å². The van der Waals surface area contributed by atoms with Gasteiger partial charge in [-0.05, 0) is 24.8 Å². The highest BCUT2D eigenvalue weighted by Crippen LogP contribution is 2.12. The molecule has 84 valence electrons. The average Bonchev–Trinajstić information content (AvgIpc) is 2.76. The van der Waals surface area contributed by atoms with Gasteiger partial charge in [-0.15, -0.1) is 11.3 Å². The largest absolute Gasteiger partial charge is 0.310 e. The molecule has 0 aliphatic rings. The molecule has 0 amide bonds. The van der Waals surface area contributed by atoms with E-state index in [0.29, 0.717) is 6.42 Å². The first-order valence-corrected chi connectivity index (χ1v) is 6.19. The predicted molar refractivity (Wildman–Crippen MR) is 66.1 cm³/mol. The van der Waals surface area contributed by atoms with Crippen LogP contribution in [0.3, 0.4) is 0 Å². The molecule has 0 fully saturated rings. The molecule has 0 aliphatic carbocycles. The standard InChI is InChI=1S/C12H14N2OS/c1-3-10-8(2)12(15)14-11(13-10)7-9-5-4-6-16-9/h4-6H,3,7H2,1-2H3,(H,13,14,15). The molecule has 2 aromatic heterocycles. The zero-order valence-electron chi connectivity index (χ0n) is 9.41. The van der Waals surface area contributed by atoms with Crippen molar-refractivity contribution < 1.29 is 0 Å². The fraction of sp³-hybridized carbons (Fsp3) is 0.333. The predicted octanol–water partition coefficient (Wildman–Crippen LogP) is 2.29. The Bertz CT molecular complexity index is 528. The van der Waals surface area contributed by atoms with Crippen molar-refractivity contribution >= 4 is 11.3 Å². The second-order valence-electron chi connectivity index (χ2n) is 3.69. The maximum absolute atomic E-state index is 11.7. The van der Waals surface area contributed by atoms with Crippen LogP contribution in [0.2, 0.25) is 0 Å². The van der Waals surface area contributed by atoms with Gasteiger partial charge in [-0.1, -0.05) is 13.0 Å². The summed E-state index contributed by atoms with van der Waals surface area (Å²) in [5.41, 5.74) is 1.62. The molecule has 0 aliphatic heterocycles. The second kappa shape index (κ2) is 4.61. The molecule has 0 saturated carbocycles. The van der Waals surface area contributed by atoms with Gasteiger partial charge < -0.3 is 4.98 Å². The van der Waals surface area contributed by atoms with Crippen LogP contribution in [0.5, 0.6) is 0 Å². The molecular formula is C12H14N2OS. The van der Waals surface area contributed by atoms with E-state index in [0.717, 1.165) is 23.5 Å². The highest BCUT2D eigenvalue weighted by Gasteiger charge is 2.06. The summed E-state index contributed by atoms with van der Waals surface area (Å²) in [6, 6.07) is 4.06. The van der Waals surface area contributed by atoms with Crippen LogP contribution in [0.15, 0.2) is 22.3 Å². The number of hydrogen-bond acceptors (Lipinski definition) is 3. The van der Waals surface area contributed by atoms with E-state index in [4.69, 9.17) is 0 Å². The Morgan fingerprint density at radius 2 is 2.31 bits per heavy atom. The molecule has 0 unspecified atom stereocenters. The normalized spacial score (nSPS) is 10.6. The zero-order chi connectivity index (χ0) is 11.5. The van der Waals surface area contributed by atoms with E-state index in [2.05, 4.69) is 16.0 Å². The Hall–Kier alpha value is -1.42. The first kappa shape index (κ1) is 11.1. The molecular weight excluding hydrogens is 220 g/mol. The van der Waals surface area contributed by atoms with Gasteiger partial charge in [0.1, 0.15) is 5.82 Å². The van der Waals surface area contributed by atoms with Gasteiger partial charge in [0.15, 0.2) is 0 Å². The molecule has 16 heavy (non-hydrogen) atoms. The zero-order valence-corrected chi connectivity index (χ0v) is 10.2. The van der Waals surface area contributed by atoms with E-state index >= 15 is 0 Å². The van der Waals surface area contributed by atoms with Gasteiger partial charge in [-0.25, -0.2) is 4.98 Å². The van der Waals surface area contributed by atoms with Gasteiger partial charge in [-0.2, -0.15) is 0 Å². The van der Waals surface area contributed by atoms with Gasteiger partial charge in [-0.3, -0.25) is 4.79 Å². The molecule has 3 nitrogen and oxygen atoms in total. The van der Waals surface area contributed by atoms with Gasteiger partial charge >= 0.3 is 0 Å². The second-order valence-corrected chi connectivity index (χ2v) is 4.73. The molecule has 0 bridgehead atoms. The number of aromatic nitrogens is 2. The van der Waals surface area contributed by atoms with Crippen molar-refractivity contribution in [3.05, 3.63) is 49.8 Å². The molecule has 2 aromatic rings. The summed E-state index contributed by atoms with van der Waals surface area (Å²) in [5.74, 6) is 0.759. The molecule has 4 heteroatoms. The van der Waals surface area contributed by atoms with Crippen LogP contribution >= 0.6 is 11.3 Å². The van der Waals surface area contributed by atoms with Crippen molar-refractivity contribution in [3.8, 4) is 0 Å². The molecule has 1 N–H and O–H groups in total. The van der Waals surface area contributed by atoms with Crippen LogP contribution < -0.4 is 5.56 Å². The lowest BCUT2D eigenvalue weighted by Gasteiger charge is -2.04. The molecule has 0 spiro atoms. The Morgan fingerprint density at radius 3 is 2.94 bits per heavy atom. The van der Waals surface area contributed by atoms with E-state index < -0.39 is 0 Å². The minimum Gasteiger partial charge on any atom is -0.310 e. The third-order valence-electron chi connectivity index (χ3n) is 2.56. The van der Waals surface area contributed by atoms with Crippen molar-refractivity contribution in [3.63, 3.8) is 0 Å². The fourth-order valence-electron chi connectivity index (χ4n) is 1.64. The number of aromatic amines is 1. The molecule has 0 radical (unpaired) electrons. The van der Waals surface area contributed by atoms with Crippen LogP contribution in [0.1, 0.15) is 28.9 Å². The summed E-state index contributed by atoms with van der Waals surface area (Å²) in [7, 11) is 0. The third kappa shape index (κ3) is 2.22. The maximum atomic E-state index is 11.7. The van der Waals surface area contributed by atoms with E-state index in [1.54, 1.807) is 11.3 Å². The van der Waals surface area contributed by atoms with Crippen molar-refractivity contribution in [2.45, 2.75) is 26.7 Å². The van der Waals surface area contributed by atoms with Crippen LogP contribution in [-0.4, -0.2) is 9.97 Å².